The average molecular weight is 358 g/mol. The highest BCUT2D eigenvalue weighted by Crippen LogP contribution is 2.30. The summed E-state index contributed by atoms with van der Waals surface area (Å²) in [5.41, 5.74) is 4.75. The maximum absolute atomic E-state index is 5.50. The van der Waals surface area contributed by atoms with Gasteiger partial charge in [-0.05, 0) is 60.9 Å². The Morgan fingerprint density at radius 2 is 1.74 bits per heavy atom. The molecule has 1 saturated heterocycles. The Morgan fingerprint density at radius 3 is 2.52 bits per heavy atom. The van der Waals surface area contributed by atoms with Crippen molar-refractivity contribution >= 4 is 28.6 Å². The highest BCUT2D eigenvalue weighted by atomic mass is 16.5. The van der Waals surface area contributed by atoms with Gasteiger partial charge in [-0.1, -0.05) is 36.4 Å². The van der Waals surface area contributed by atoms with Gasteiger partial charge in [0.05, 0.1) is 12.8 Å². The number of methoxy groups -OCH3 is 1. The molecule has 138 valence electrons. The predicted molar refractivity (Wildman–Crippen MR) is 114 cm³/mol. The Morgan fingerprint density at radius 1 is 0.963 bits per heavy atom. The van der Waals surface area contributed by atoms with Crippen LogP contribution < -0.4 is 9.64 Å². The summed E-state index contributed by atoms with van der Waals surface area (Å²) in [6, 6.07) is 14.7. The van der Waals surface area contributed by atoms with E-state index in [1.54, 1.807) is 7.11 Å². The van der Waals surface area contributed by atoms with Crippen LogP contribution >= 0.6 is 0 Å². The second-order valence-electron chi connectivity index (χ2n) is 7.18. The minimum absolute atomic E-state index is 0.906. The molecular formula is C24H26N2O. The number of ether oxygens (including phenoxy) is 1. The van der Waals surface area contributed by atoms with Crippen molar-refractivity contribution < 1.29 is 4.74 Å². The van der Waals surface area contributed by atoms with Crippen LogP contribution in [0.3, 0.4) is 0 Å². The molecule has 1 aromatic heterocycles. The predicted octanol–water partition coefficient (Wildman–Crippen LogP) is 5.71. The molecule has 0 N–H and O–H groups in total. The topological polar surface area (TPSA) is 25.4 Å². The Hall–Kier alpha value is -2.81. The van der Waals surface area contributed by atoms with Gasteiger partial charge in [-0.25, -0.2) is 0 Å². The molecule has 0 saturated carbocycles. The van der Waals surface area contributed by atoms with E-state index in [-0.39, 0.29) is 0 Å². The Balaban J connectivity index is 1.66. The third-order valence-corrected chi connectivity index (χ3v) is 5.36. The van der Waals surface area contributed by atoms with E-state index in [9.17, 15) is 0 Å². The first-order chi connectivity index (χ1) is 13.3. The van der Waals surface area contributed by atoms with Crippen LogP contribution in [0.4, 0.5) is 5.69 Å². The van der Waals surface area contributed by atoms with Crippen LogP contribution in [0.5, 0.6) is 5.75 Å². The SMILES string of the molecule is COc1ccc(C=Cc2cc(N3CCCCC3)c(C)cn2)c2ccccc12. The monoisotopic (exact) mass is 358 g/mol. The van der Waals surface area contributed by atoms with Crippen LogP contribution in [-0.2, 0) is 0 Å². The van der Waals surface area contributed by atoms with Gasteiger partial charge in [0.25, 0.3) is 0 Å². The summed E-state index contributed by atoms with van der Waals surface area (Å²) in [6.07, 6.45) is 10.2. The fraction of sp³-hybridized carbons (Fsp3) is 0.292. The molecule has 0 bridgehead atoms. The first kappa shape index (κ1) is 17.6. The van der Waals surface area contributed by atoms with Crippen LogP contribution in [0.15, 0.2) is 48.7 Å². The second kappa shape index (κ2) is 7.83. The number of fused-ring (bicyclic) bond motifs is 1. The summed E-state index contributed by atoms with van der Waals surface area (Å²) in [6.45, 7) is 4.45. The van der Waals surface area contributed by atoms with Crippen molar-refractivity contribution in [2.75, 3.05) is 25.1 Å². The molecular weight excluding hydrogens is 332 g/mol. The molecule has 1 aliphatic rings. The van der Waals surface area contributed by atoms with Crippen molar-refractivity contribution in [1.82, 2.24) is 4.98 Å². The van der Waals surface area contributed by atoms with Crippen molar-refractivity contribution in [2.24, 2.45) is 0 Å². The van der Waals surface area contributed by atoms with Gasteiger partial charge in [0.1, 0.15) is 5.75 Å². The molecule has 0 atom stereocenters. The lowest BCUT2D eigenvalue weighted by Crippen LogP contribution is -2.30. The molecule has 0 spiro atoms. The molecule has 3 aromatic rings. The van der Waals surface area contributed by atoms with E-state index in [0.717, 1.165) is 29.9 Å². The Bertz CT molecular complexity index is 971. The van der Waals surface area contributed by atoms with E-state index in [1.165, 1.54) is 41.5 Å². The molecule has 1 aliphatic heterocycles. The molecule has 0 radical (unpaired) electrons. The van der Waals surface area contributed by atoms with Crippen molar-refractivity contribution in [1.29, 1.82) is 0 Å². The molecule has 4 rings (SSSR count). The standard InChI is InChI=1S/C24H26N2O/c1-18-17-25-20(16-23(18)26-14-6-3-7-15-26)12-10-19-11-13-24(27-2)22-9-5-4-8-21(19)22/h4-5,8-13,16-17H,3,6-7,14-15H2,1-2H3. The lowest BCUT2D eigenvalue weighted by atomic mass is 10.0. The van der Waals surface area contributed by atoms with Gasteiger partial charge >= 0.3 is 0 Å². The van der Waals surface area contributed by atoms with Gasteiger partial charge in [0.15, 0.2) is 0 Å². The number of rotatable bonds is 4. The first-order valence-electron chi connectivity index (χ1n) is 9.71. The van der Waals surface area contributed by atoms with Crippen LogP contribution in [0, 0.1) is 6.92 Å². The molecule has 3 nitrogen and oxygen atoms in total. The largest absolute Gasteiger partial charge is 0.496 e. The van der Waals surface area contributed by atoms with E-state index >= 15 is 0 Å². The number of piperidine rings is 1. The number of benzene rings is 2. The van der Waals surface area contributed by atoms with Gasteiger partial charge in [-0.15, -0.1) is 0 Å². The normalized spacial score (nSPS) is 14.8. The maximum atomic E-state index is 5.50. The number of aromatic nitrogens is 1. The zero-order chi connectivity index (χ0) is 18.6. The Labute approximate surface area is 161 Å². The third-order valence-electron chi connectivity index (χ3n) is 5.36. The van der Waals surface area contributed by atoms with E-state index < -0.39 is 0 Å². The van der Waals surface area contributed by atoms with Crippen LogP contribution in [-0.4, -0.2) is 25.2 Å². The van der Waals surface area contributed by atoms with Crippen molar-refractivity contribution in [2.45, 2.75) is 26.2 Å². The zero-order valence-electron chi connectivity index (χ0n) is 16.1. The quantitative estimate of drug-likeness (QED) is 0.597. The summed E-state index contributed by atoms with van der Waals surface area (Å²) >= 11 is 0. The number of pyridine rings is 1. The molecule has 0 amide bonds. The lowest BCUT2D eigenvalue weighted by molar-refractivity contribution is 0.420. The molecule has 0 unspecified atom stereocenters. The van der Waals surface area contributed by atoms with E-state index in [2.05, 4.69) is 59.3 Å². The van der Waals surface area contributed by atoms with E-state index in [4.69, 9.17) is 4.74 Å². The minimum Gasteiger partial charge on any atom is -0.496 e. The van der Waals surface area contributed by atoms with Gasteiger partial charge in [-0.2, -0.15) is 0 Å². The molecule has 27 heavy (non-hydrogen) atoms. The van der Waals surface area contributed by atoms with Crippen LogP contribution in [0.2, 0.25) is 0 Å². The number of hydrogen-bond acceptors (Lipinski definition) is 3. The van der Waals surface area contributed by atoms with Gasteiger partial charge in [0, 0.05) is 30.4 Å². The number of aryl methyl sites for hydroxylation is 1. The fourth-order valence-electron chi connectivity index (χ4n) is 3.89. The smallest absolute Gasteiger partial charge is 0.126 e. The number of anilines is 1. The van der Waals surface area contributed by atoms with E-state index in [1.807, 2.05) is 18.3 Å². The number of hydrogen-bond donors (Lipinski definition) is 0. The lowest BCUT2D eigenvalue weighted by Gasteiger charge is -2.30. The van der Waals surface area contributed by atoms with Crippen molar-refractivity contribution in [3.05, 3.63) is 65.5 Å². The molecule has 3 heteroatoms. The van der Waals surface area contributed by atoms with Gasteiger partial charge in [-0.3, -0.25) is 4.98 Å². The summed E-state index contributed by atoms with van der Waals surface area (Å²) < 4.78 is 5.50. The molecule has 0 aliphatic carbocycles. The minimum atomic E-state index is 0.906. The van der Waals surface area contributed by atoms with Gasteiger partial charge in [0.2, 0.25) is 0 Å². The average Bonchev–Trinajstić information content (AvgIpc) is 2.73. The third kappa shape index (κ3) is 3.68. The fourth-order valence-corrected chi connectivity index (χ4v) is 3.89. The van der Waals surface area contributed by atoms with E-state index in [0.29, 0.717) is 0 Å². The maximum Gasteiger partial charge on any atom is 0.126 e. The summed E-state index contributed by atoms with van der Waals surface area (Å²) in [4.78, 5) is 7.13. The first-order valence-corrected chi connectivity index (χ1v) is 9.71. The molecule has 2 heterocycles. The van der Waals surface area contributed by atoms with Gasteiger partial charge < -0.3 is 9.64 Å². The highest BCUT2D eigenvalue weighted by Gasteiger charge is 2.13. The van der Waals surface area contributed by atoms with Crippen molar-refractivity contribution in [3.8, 4) is 5.75 Å². The molecule has 1 fully saturated rings. The highest BCUT2D eigenvalue weighted by molar-refractivity contribution is 5.96. The van der Waals surface area contributed by atoms with Crippen LogP contribution in [0.25, 0.3) is 22.9 Å². The van der Waals surface area contributed by atoms with Crippen LogP contribution in [0.1, 0.15) is 36.1 Å². The number of nitrogens with zero attached hydrogens (tertiary/aromatic N) is 2. The second-order valence-corrected chi connectivity index (χ2v) is 7.18. The summed E-state index contributed by atoms with van der Waals surface area (Å²) in [5, 5.41) is 2.32. The Kier molecular flexibility index (Phi) is 5.10. The molecule has 2 aromatic carbocycles. The summed E-state index contributed by atoms with van der Waals surface area (Å²) in [7, 11) is 1.72. The van der Waals surface area contributed by atoms with Crippen molar-refractivity contribution in [3.63, 3.8) is 0 Å². The summed E-state index contributed by atoms with van der Waals surface area (Å²) in [5.74, 6) is 0.906. The zero-order valence-corrected chi connectivity index (χ0v) is 16.1.